The maximum atomic E-state index is 12.6. The SMILES string of the molecule is FCC(CF)N1CC[C@@H](Nc2ncccc2Cl)C1. The van der Waals surface area contributed by atoms with Gasteiger partial charge in [0, 0.05) is 25.3 Å². The van der Waals surface area contributed by atoms with Gasteiger partial charge in [0.2, 0.25) is 0 Å². The Bertz CT molecular complexity index is 387. The van der Waals surface area contributed by atoms with Gasteiger partial charge in [-0.2, -0.15) is 0 Å². The van der Waals surface area contributed by atoms with Crippen molar-refractivity contribution >= 4 is 17.4 Å². The number of nitrogens with zero attached hydrogens (tertiary/aromatic N) is 2. The second kappa shape index (κ2) is 6.29. The first kappa shape index (κ1) is 13.5. The van der Waals surface area contributed by atoms with E-state index in [1.54, 1.807) is 18.3 Å². The first-order valence-electron chi connectivity index (χ1n) is 5.97. The van der Waals surface area contributed by atoms with Crippen molar-refractivity contribution in [1.82, 2.24) is 9.88 Å². The van der Waals surface area contributed by atoms with E-state index < -0.39 is 19.4 Å². The molecule has 0 unspecified atom stereocenters. The molecule has 0 aromatic carbocycles. The zero-order chi connectivity index (χ0) is 13.0. The van der Waals surface area contributed by atoms with E-state index in [0.29, 0.717) is 23.9 Å². The van der Waals surface area contributed by atoms with Crippen LogP contribution in [0.1, 0.15) is 6.42 Å². The molecule has 100 valence electrons. The van der Waals surface area contributed by atoms with Gasteiger partial charge >= 0.3 is 0 Å². The van der Waals surface area contributed by atoms with E-state index in [1.165, 1.54) is 0 Å². The average molecular weight is 276 g/mol. The summed E-state index contributed by atoms with van der Waals surface area (Å²) in [4.78, 5) is 5.97. The van der Waals surface area contributed by atoms with Crippen LogP contribution >= 0.6 is 11.6 Å². The Hall–Kier alpha value is -0.940. The van der Waals surface area contributed by atoms with Crippen molar-refractivity contribution in [2.75, 3.05) is 31.8 Å². The number of alkyl halides is 2. The minimum atomic E-state index is -0.645. The summed E-state index contributed by atoms with van der Waals surface area (Å²) in [6, 6.07) is 3.04. The summed E-state index contributed by atoms with van der Waals surface area (Å²) in [6.45, 7) is 0.0210. The van der Waals surface area contributed by atoms with Crippen molar-refractivity contribution < 1.29 is 8.78 Å². The van der Waals surface area contributed by atoms with Crippen LogP contribution in [0.2, 0.25) is 5.02 Å². The van der Waals surface area contributed by atoms with E-state index in [-0.39, 0.29) is 6.04 Å². The lowest BCUT2D eigenvalue weighted by Gasteiger charge is -2.22. The van der Waals surface area contributed by atoms with Crippen molar-refractivity contribution in [3.05, 3.63) is 23.4 Å². The maximum Gasteiger partial charge on any atom is 0.145 e. The predicted molar refractivity (Wildman–Crippen MR) is 68.6 cm³/mol. The molecule has 0 spiro atoms. The van der Waals surface area contributed by atoms with Crippen LogP contribution in [0, 0.1) is 0 Å². The third-order valence-electron chi connectivity index (χ3n) is 3.19. The minimum Gasteiger partial charge on any atom is -0.365 e. The molecule has 1 aromatic rings. The van der Waals surface area contributed by atoms with Gasteiger partial charge in [-0.15, -0.1) is 0 Å². The summed E-state index contributed by atoms with van der Waals surface area (Å²) in [7, 11) is 0. The second-order valence-corrected chi connectivity index (χ2v) is 4.83. The number of rotatable bonds is 5. The quantitative estimate of drug-likeness (QED) is 0.895. The van der Waals surface area contributed by atoms with Gasteiger partial charge in [0.25, 0.3) is 0 Å². The maximum absolute atomic E-state index is 12.6. The molecule has 0 radical (unpaired) electrons. The summed E-state index contributed by atoms with van der Waals surface area (Å²) in [5.41, 5.74) is 0. The lowest BCUT2D eigenvalue weighted by atomic mass is 10.2. The molecule has 1 aliphatic heterocycles. The monoisotopic (exact) mass is 275 g/mol. The van der Waals surface area contributed by atoms with E-state index in [9.17, 15) is 8.78 Å². The minimum absolute atomic E-state index is 0.137. The molecule has 1 aliphatic rings. The molecule has 1 aromatic heterocycles. The van der Waals surface area contributed by atoms with Crippen LogP contribution < -0.4 is 5.32 Å². The fourth-order valence-corrected chi connectivity index (χ4v) is 2.33. The topological polar surface area (TPSA) is 28.2 Å². The summed E-state index contributed by atoms with van der Waals surface area (Å²) in [6.07, 6.45) is 2.50. The molecule has 1 saturated heterocycles. The van der Waals surface area contributed by atoms with E-state index in [4.69, 9.17) is 11.6 Å². The van der Waals surface area contributed by atoms with Crippen molar-refractivity contribution in [3.8, 4) is 0 Å². The summed E-state index contributed by atoms with van der Waals surface area (Å²) in [5, 5.41) is 3.77. The molecule has 1 fully saturated rings. The molecular formula is C12H16ClF2N3. The van der Waals surface area contributed by atoms with Crippen LogP contribution in [0.15, 0.2) is 18.3 Å². The lowest BCUT2D eigenvalue weighted by Crippen LogP contribution is -2.38. The normalized spacial score (nSPS) is 20.6. The van der Waals surface area contributed by atoms with Crippen LogP contribution in [0.3, 0.4) is 0 Å². The molecule has 1 atom stereocenters. The highest BCUT2D eigenvalue weighted by molar-refractivity contribution is 6.32. The molecule has 0 saturated carbocycles. The Labute approximate surface area is 110 Å². The van der Waals surface area contributed by atoms with Gasteiger partial charge in [-0.3, -0.25) is 4.90 Å². The number of hydrogen-bond acceptors (Lipinski definition) is 3. The van der Waals surface area contributed by atoms with Gasteiger partial charge in [0.15, 0.2) is 0 Å². The fraction of sp³-hybridized carbons (Fsp3) is 0.583. The van der Waals surface area contributed by atoms with Crippen LogP contribution in [-0.2, 0) is 0 Å². The van der Waals surface area contributed by atoms with Crippen molar-refractivity contribution in [3.63, 3.8) is 0 Å². The molecule has 1 N–H and O–H groups in total. The summed E-state index contributed by atoms with van der Waals surface area (Å²) >= 11 is 6.00. The zero-order valence-electron chi connectivity index (χ0n) is 9.95. The number of pyridine rings is 1. The van der Waals surface area contributed by atoms with Gasteiger partial charge in [-0.25, -0.2) is 13.8 Å². The van der Waals surface area contributed by atoms with E-state index in [1.807, 2.05) is 4.90 Å². The molecule has 0 amide bonds. The van der Waals surface area contributed by atoms with E-state index in [0.717, 1.165) is 6.42 Å². The molecule has 18 heavy (non-hydrogen) atoms. The number of anilines is 1. The highest BCUT2D eigenvalue weighted by atomic mass is 35.5. The number of likely N-dealkylation sites (tertiary alicyclic amines) is 1. The van der Waals surface area contributed by atoms with Crippen LogP contribution in [0.4, 0.5) is 14.6 Å². The fourth-order valence-electron chi connectivity index (χ4n) is 2.16. The Morgan fingerprint density at radius 3 is 2.94 bits per heavy atom. The Morgan fingerprint density at radius 1 is 1.50 bits per heavy atom. The van der Waals surface area contributed by atoms with Crippen LogP contribution in [0.25, 0.3) is 0 Å². The standard InChI is InChI=1S/C12H16ClF2N3/c13-11-2-1-4-16-12(11)17-9-3-5-18(8-9)10(6-14)7-15/h1-2,4,9-10H,3,5-8H2,(H,16,17)/t9-/m1/s1. The molecule has 6 heteroatoms. The number of aromatic nitrogens is 1. The van der Waals surface area contributed by atoms with Gasteiger partial charge < -0.3 is 5.32 Å². The summed E-state index contributed by atoms with van der Waals surface area (Å²) in [5.74, 6) is 0.628. The Kier molecular flexibility index (Phi) is 4.72. The molecule has 2 rings (SSSR count). The Morgan fingerprint density at radius 2 is 2.28 bits per heavy atom. The number of halogens is 3. The molecule has 2 heterocycles. The number of nitrogens with one attached hydrogen (secondary N) is 1. The Balaban J connectivity index is 1.92. The molecular weight excluding hydrogens is 260 g/mol. The average Bonchev–Trinajstić information content (AvgIpc) is 2.82. The second-order valence-electron chi connectivity index (χ2n) is 4.42. The lowest BCUT2D eigenvalue weighted by molar-refractivity contribution is 0.166. The molecule has 3 nitrogen and oxygen atoms in total. The van der Waals surface area contributed by atoms with Gasteiger partial charge in [0.05, 0.1) is 11.1 Å². The first-order valence-corrected chi connectivity index (χ1v) is 6.35. The first-order chi connectivity index (χ1) is 8.74. The van der Waals surface area contributed by atoms with Gasteiger partial charge in [-0.1, -0.05) is 11.6 Å². The molecule has 0 aliphatic carbocycles. The predicted octanol–water partition coefficient (Wildman–Crippen LogP) is 2.53. The largest absolute Gasteiger partial charge is 0.365 e. The third-order valence-corrected chi connectivity index (χ3v) is 3.50. The van der Waals surface area contributed by atoms with Crippen LogP contribution in [0.5, 0.6) is 0 Å². The highest BCUT2D eigenvalue weighted by Crippen LogP contribution is 2.22. The van der Waals surface area contributed by atoms with Crippen molar-refractivity contribution in [2.45, 2.75) is 18.5 Å². The van der Waals surface area contributed by atoms with E-state index in [2.05, 4.69) is 10.3 Å². The van der Waals surface area contributed by atoms with E-state index >= 15 is 0 Å². The van der Waals surface area contributed by atoms with Gasteiger partial charge in [0.1, 0.15) is 19.2 Å². The smallest absolute Gasteiger partial charge is 0.145 e. The van der Waals surface area contributed by atoms with Crippen molar-refractivity contribution in [1.29, 1.82) is 0 Å². The van der Waals surface area contributed by atoms with Crippen molar-refractivity contribution in [2.24, 2.45) is 0 Å². The molecule has 0 bridgehead atoms. The van der Waals surface area contributed by atoms with Crippen LogP contribution in [-0.4, -0.2) is 48.4 Å². The highest BCUT2D eigenvalue weighted by Gasteiger charge is 2.28. The van der Waals surface area contributed by atoms with Gasteiger partial charge in [-0.05, 0) is 18.6 Å². The third kappa shape index (κ3) is 3.09. The number of hydrogen-bond donors (Lipinski definition) is 1. The summed E-state index contributed by atoms with van der Waals surface area (Å²) < 4.78 is 25.2. The zero-order valence-corrected chi connectivity index (χ0v) is 10.7.